The van der Waals surface area contributed by atoms with Crippen molar-refractivity contribution >= 4 is 11.2 Å². The fourth-order valence-electron chi connectivity index (χ4n) is 0.0958. The molecule has 0 radical (unpaired) electrons. The van der Waals surface area contributed by atoms with Gasteiger partial charge in [-0.15, -0.1) is 6.42 Å². The number of hydrogen-bond donors (Lipinski definition) is 0. The zero-order chi connectivity index (χ0) is 5.86. The molecule has 2 unspecified atom stereocenters. The van der Waals surface area contributed by atoms with Crippen LogP contribution in [0.1, 0.15) is 6.92 Å². The second-order valence-electron chi connectivity index (χ2n) is 1.31. The lowest BCUT2D eigenvalue weighted by Crippen LogP contribution is -2.12. The molecule has 0 amide bonds. The third-order valence-corrected chi connectivity index (χ3v) is 1.86. The Kier molecular flexibility index (Phi) is 2.89. The molecule has 0 spiro atoms. The van der Waals surface area contributed by atoms with Gasteiger partial charge < -0.3 is 4.55 Å². The molecular weight excluding hydrogens is 108 g/mol. The van der Waals surface area contributed by atoms with Crippen molar-refractivity contribution in [3.8, 4) is 12.3 Å². The van der Waals surface area contributed by atoms with Crippen LogP contribution in [0.2, 0.25) is 0 Å². The molecule has 0 heterocycles. The Morgan fingerprint density at radius 2 is 2.29 bits per heavy atom. The second kappa shape index (κ2) is 2.95. The van der Waals surface area contributed by atoms with E-state index in [0.29, 0.717) is 0 Å². The molecule has 1 nitrogen and oxygen atoms in total. The molecule has 0 aromatic rings. The van der Waals surface area contributed by atoms with Gasteiger partial charge in [0.25, 0.3) is 0 Å². The van der Waals surface area contributed by atoms with E-state index >= 15 is 0 Å². The summed E-state index contributed by atoms with van der Waals surface area (Å²) in [5.41, 5.74) is 0. The van der Waals surface area contributed by atoms with Gasteiger partial charge in [-0.3, -0.25) is 0 Å². The van der Waals surface area contributed by atoms with E-state index in [-0.39, 0.29) is 5.25 Å². The zero-order valence-electron chi connectivity index (χ0n) is 4.47. The lowest BCUT2D eigenvalue weighted by molar-refractivity contribution is 0.597. The van der Waals surface area contributed by atoms with Gasteiger partial charge in [-0.1, -0.05) is 0 Å². The maximum Gasteiger partial charge on any atom is 0.172 e. The first-order valence-corrected chi connectivity index (χ1v) is 3.59. The Hall–Kier alpha value is -0.130. The van der Waals surface area contributed by atoms with Crippen LogP contribution in [0.25, 0.3) is 0 Å². The monoisotopic (exact) mass is 116 g/mol. The fourth-order valence-corrected chi connectivity index (χ4v) is 0.287. The minimum atomic E-state index is -0.846. The highest BCUT2D eigenvalue weighted by Gasteiger charge is 2.03. The van der Waals surface area contributed by atoms with E-state index in [1.54, 1.807) is 13.2 Å². The summed E-state index contributed by atoms with van der Waals surface area (Å²) >= 11 is -0.846. The van der Waals surface area contributed by atoms with Gasteiger partial charge >= 0.3 is 0 Å². The number of hydrogen-bond acceptors (Lipinski definition) is 1. The summed E-state index contributed by atoms with van der Waals surface area (Å²) in [6.07, 6.45) is 6.53. The summed E-state index contributed by atoms with van der Waals surface area (Å²) in [7, 11) is 0. The normalized spacial score (nSPS) is 17.4. The Labute approximate surface area is 47.3 Å². The van der Waals surface area contributed by atoms with Crippen molar-refractivity contribution in [2.45, 2.75) is 12.2 Å². The van der Waals surface area contributed by atoms with E-state index < -0.39 is 11.2 Å². The van der Waals surface area contributed by atoms with Crippen LogP contribution in [-0.4, -0.2) is 16.1 Å². The van der Waals surface area contributed by atoms with E-state index in [2.05, 4.69) is 5.92 Å². The fraction of sp³-hybridized carbons (Fsp3) is 0.600. The minimum absolute atomic E-state index is 0.0972. The molecule has 40 valence electrons. The first-order chi connectivity index (χ1) is 3.18. The Morgan fingerprint density at radius 1 is 1.86 bits per heavy atom. The molecule has 0 aliphatic rings. The van der Waals surface area contributed by atoms with Gasteiger partial charge in [0.05, 0.1) is 6.26 Å². The van der Waals surface area contributed by atoms with Crippen LogP contribution in [-0.2, 0) is 11.2 Å². The van der Waals surface area contributed by atoms with Crippen molar-refractivity contribution in [3.63, 3.8) is 0 Å². The molecular formula is C5H8OS. The summed E-state index contributed by atoms with van der Waals surface area (Å²) in [4.78, 5) is 0. The molecule has 0 rings (SSSR count). The Morgan fingerprint density at radius 3 is 2.29 bits per heavy atom. The van der Waals surface area contributed by atoms with Gasteiger partial charge in [0, 0.05) is 0 Å². The predicted molar refractivity (Wildman–Crippen MR) is 32.4 cm³/mol. The van der Waals surface area contributed by atoms with E-state index in [0.717, 1.165) is 0 Å². The molecule has 0 aromatic carbocycles. The molecule has 0 bridgehead atoms. The van der Waals surface area contributed by atoms with Crippen molar-refractivity contribution < 1.29 is 4.55 Å². The highest BCUT2D eigenvalue weighted by molar-refractivity contribution is 7.91. The van der Waals surface area contributed by atoms with Gasteiger partial charge in [0.15, 0.2) is 5.25 Å². The van der Waals surface area contributed by atoms with Crippen molar-refractivity contribution in [1.82, 2.24) is 0 Å². The summed E-state index contributed by atoms with van der Waals surface area (Å²) in [6, 6.07) is 0. The largest absolute Gasteiger partial charge is 0.616 e. The lowest BCUT2D eigenvalue weighted by atomic mass is 10.5. The lowest BCUT2D eigenvalue weighted by Gasteiger charge is -2.05. The van der Waals surface area contributed by atoms with E-state index in [9.17, 15) is 4.55 Å². The third-order valence-electron chi connectivity index (χ3n) is 0.733. The van der Waals surface area contributed by atoms with Crippen LogP contribution in [0.3, 0.4) is 0 Å². The van der Waals surface area contributed by atoms with Gasteiger partial charge in [-0.05, 0) is 24.0 Å². The predicted octanol–water partition coefficient (Wildman–Crippen LogP) is 0.387. The molecule has 0 saturated heterocycles. The molecule has 7 heavy (non-hydrogen) atoms. The molecule has 0 fully saturated rings. The molecule has 0 aliphatic carbocycles. The average Bonchev–Trinajstić information content (AvgIpc) is 1.65. The standard InChI is InChI=1S/C5H8OS/c1-4-5(2)7(3)6/h1,5H,2-3H3. The smallest absolute Gasteiger partial charge is 0.172 e. The molecule has 2 atom stereocenters. The molecule has 0 saturated carbocycles. The number of rotatable bonds is 1. The Bertz CT molecular complexity index is 82.6. The van der Waals surface area contributed by atoms with E-state index in [1.807, 2.05) is 0 Å². The van der Waals surface area contributed by atoms with Crippen LogP contribution < -0.4 is 0 Å². The van der Waals surface area contributed by atoms with Crippen molar-refractivity contribution in [3.05, 3.63) is 0 Å². The van der Waals surface area contributed by atoms with E-state index in [1.165, 1.54) is 0 Å². The highest BCUT2D eigenvalue weighted by atomic mass is 32.2. The SMILES string of the molecule is C#CC(C)[S+](C)[O-]. The summed E-state index contributed by atoms with van der Waals surface area (Å²) < 4.78 is 10.3. The highest BCUT2D eigenvalue weighted by Crippen LogP contribution is 1.92. The summed E-state index contributed by atoms with van der Waals surface area (Å²) in [6.45, 7) is 1.76. The number of terminal acetylenes is 1. The maximum absolute atomic E-state index is 10.3. The molecule has 0 aliphatic heterocycles. The summed E-state index contributed by atoms with van der Waals surface area (Å²) in [5, 5.41) is -0.0972. The van der Waals surface area contributed by atoms with Crippen LogP contribution in [0.5, 0.6) is 0 Å². The van der Waals surface area contributed by atoms with Gasteiger partial charge in [0.1, 0.15) is 0 Å². The van der Waals surface area contributed by atoms with Crippen molar-refractivity contribution in [2.75, 3.05) is 6.26 Å². The average molecular weight is 116 g/mol. The Balaban J connectivity index is 3.40. The summed E-state index contributed by atoms with van der Waals surface area (Å²) in [5.74, 6) is 2.36. The van der Waals surface area contributed by atoms with Crippen LogP contribution >= 0.6 is 0 Å². The van der Waals surface area contributed by atoms with Crippen molar-refractivity contribution in [1.29, 1.82) is 0 Å². The third kappa shape index (κ3) is 2.55. The molecule has 2 heteroatoms. The zero-order valence-corrected chi connectivity index (χ0v) is 5.29. The van der Waals surface area contributed by atoms with Gasteiger partial charge in [-0.2, -0.15) is 0 Å². The minimum Gasteiger partial charge on any atom is -0.616 e. The first-order valence-electron chi connectivity index (χ1n) is 1.97. The first kappa shape index (κ1) is 6.87. The van der Waals surface area contributed by atoms with Crippen LogP contribution in [0.4, 0.5) is 0 Å². The van der Waals surface area contributed by atoms with Crippen molar-refractivity contribution in [2.24, 2.45) is 0 Å². The quantitative estimate of drug-likeness (QED) is 0.359. The van der Waals surface area contributed by atoms with E-state index in [4.69, 9.17) is 6.42 Å². The molecule has 0 aromatic heterocycles. The molecule has 0 N–H and O–H groups in total. The topological polar surface area (TPSA) is 23.1 Å². The van der Waals surface area contributed by atoms with Gasteiger partial charge in [0.2, 0.25) is 0 Å². The second-order valence-corrected chi connectivity index (χ2v) is 3.01. The maximum atomic E-state index is 10.3. The van der Waals surface area contributed by atoms with Crippen LogP contribution in [0.15, 0.2) is 0 Å². The van der Waals surface area contributed by atoms with Gasteiger partial charge in [-0.25, -0.2) is 0 Å². The van der Waals surface area contributed by atoms with Crippen LogP contribution in [0, 0.1) is 12.3 Å².